The molecule has 0 N–H and O–H groups in total. The van der Waals surface area contributed by atoms with Crippen LogP contribution in [0.25, 0.3) is 0 Å². The number of benzene rings is 1. The van der Waals surface area contributed by atoms with Gasteiger partial charge in [-0.3, -0.25) is 4.79 Å². The van der Waals surface area contributed by atoms with E-state index in [9.17, 15) is 13.2 Å². The third-order valence-corrected chi connectivity index (χ3v) is 7.67. The molecule has 1 saturated carbocycles. The minimum absolute atomic E-state index is 0.112. The molecule has 4 atom stereocenters. The van der Waals surface area contributed by atoms with E-state index in [1.807, 2.05) is 36.4 Å². The summed E-state index contributed by atoms with van der Waals surface area (Å²) in [4.78, 5) is 12.4. The van der Waals surface area contributed by atoms with Crippen LogP contribution in [0, 0.1) is 17.8 Å². The van der Waals surface area contributed by atoms with Crippen LogP contribution in [-0.2, 0) is 21.2 Å². The number of rotatable bonds is 3. The molecule has 1 amide bonds. The van der Waals surface area contributed by atoms with E-state index in [1.165, 1.54) is 0 Å². The highest BCUT2D eigenvalue weighted by Gasteiger charge is 2.58. The minimum atomic E-state index is -3.47. The number of fused-ring (bicyclic) bond motifs is 5. The van der Waals surface area contributed by atoms with Gasteiger partial charge in [0, 0.05) is 18.9 Å². The Morgan fingerprint density at radius 2 is 1.86 bits per heavy atom. The Balaban J connectivity index is 1.48. The second-order valence-corrected chi connectivity index (χ2v) is 8.55. The average Bonchev–Trinajstić information content (AvgIpc) is 3.18. The van der Waals surface area contributed by atoms with Crippen molar-refractivity contribution in [2.45, 2.75) is 24.5 Å². The van der Waals surface area contributed by atoms with Gasteiger partial charge >= 0.3 is 0 Å². The largest absolute Gasteiger partial charge is 0.274 e. The van der Waals surface area contributed by atoms with Gasteiger partial charge in [-0.1, -0.05) is 42.5 Å². The fraction of sp³-hybridized carbons (Fsp3) is 0.471. The zero-order valence-electron chi connectivity index (χ0n) is 12.3. The van der Waals surface area contributed by atoms with E-state index >= 15 is 0 Å². The average molecular weight is 317 g/mol. The highest BCUT2D eigenvalue weighted by Crippen LogP contribution is 2.51. The Morgan fingerprint density at radius 3 is 2.59 bits per heavy atom. The maximum Gasteiger partial charge on any atom is 0.241 e. The highest BCUT2D eigenvalue weighted by atomic mass is 32.2. The lowest BCUT2D eigenvalue weighted by atomic mass is 9.93. The first-order valence-electron chi connectivity index (χ1n) is 7.84. The summed E-state index contributed by atoms with van der Waals surface area (Å²) in [6.07, 6.45) is 5.96. The third-order valence-electron chi connectivity index (χ3n) is 5.32. The Morgan fingerprint density at radius 1 is 1.14 bits per heavy atom. The van der Waals surface area contributed by atoms with Crippen molar-refractivity contribution in [3.8, 4) is 0 Å². The summed E-state index contributed by atoms with van der Waals surface area (Å²) in [5.74, 6) is 0.321. The number of aryl methyl sites for hydroxylation is 1. The second-order valence-electron chi connectivity index (χ2n) is 6.53. The predicted octanol–water partition coefficient (Wildman–Crippen LogP) is 1.98. The van der Waals surface area contributed by atoms with Crippen LogP contribution in [0.3, 0.4) is 0 Å². The molecule has 2 aliphatic carbocycles. The molecule has 0 unspecified atom stereocenters. The quantitative estimate of drug-likeness (QED) is 0.801. The fourth-order valence-corrected chi connectivity index (χ4v) is 6.69. The van der Waals surface area contributed by atoms with Crippen LogP contribution >= 0.6 is 0 Å². The van der Waals surface area contributed by atoms with Gasteiger partial charge in [-0.2, -0.15) is 0 Å². The highest BCUT2D eigenvalue weighted by molar-refractivity contribution is 7.90. The Bertz CT molecular complexity index is 726. The molecule has 5 heteroatoms. The van der Waals surface area contributed by atoms with Gasteiger partial charge in [0.05, 0.1) is 5.25 Å². The third kappa shape index (κ3) is 2.02. The number of amides is 1. The summed E-state index contributed by atoms with van der Waals surface area (Å²) >= 11 is 0. The number of carbonyl (C=O) groups excluding carboxylic acids is 1. The maximum absolute atomic E-state index is 12.7. The molecular formula is C17H19NO3S. The van der Waals surface area contributed by atoms with Crippen LogP contribution in [0.15, 0.2) is 42.5 Å². The van der Waals surface area contributed by atoms with Crippen molar-refractivity contribution in [3.63, 3.8) is 0 Å². The van der Waals surface area contributed by atoms with Crippen molar-refractivity contribution in [1.82, 2.24) is 4.31 Å². The van der Waals surface area contributed by atoms with Gasteiger partial charge < -0.3 is 0 Å². The molecule has 1 aliphatic heterocycles. The van der Waals surface area contributed by atoms with Gasteiger partial charge in [0.15, 0.2) is 0 Å². The first-order valence-corrected chi connectivity index (χ1v) is 9.34. The summed E-state index contributed by atoms with van der Waals surface area (Å²) in [5, 5.41) is -0.358. The van der Waals surface area contributed by atoms with Crippen LogP contribution in [0.4, 0.5) is 0 Å². The lowest BCUT2D eigenvalue weighted by molar-refractivity contribution is -0.126. The molecule has 4 nitrogen and oxygen atoms in total. The van der Waals surface area contributed by atoms with Crippen molar-refractivity contribution in [3.05, 3.63) is 48.0 Å². The normalized spacial score (nSPS) is 34.1. The van der Waals surface area contributed by atoms with Crippen molar-refractivity contribution in [2.24, 2.45) is 17.8 Å². The van der Waals surface area contributed by atoms with Crippen LogP contribution in [0.2, 0.25) is 0 Å². The number of allylic oxidation sites excluding steroid dienone is 2. The molecular weight excluding hydrogens is 298 g/mol. The number of carbonyl (C=O) groups is 1. The van der Waals surface area contributed by atoms with E-state index in [2.05, 4.69) is 6.08 Å². The Kier molecular flexibility index (Phi) is 3.15. The molecule has 0 spiro atoms. The van der Waals surface area contributed by atoms with Gasteiger partial charge in [0.25, 0.3) is 0 Å². The zero-order valence-corrected chi connectivity index (χ0v) is 13.1. The van der Waals surface area contributed by atoms with Crippen molar-refractivity contribution >= 4 is 15.9 Å². The smallest absolute Gasteiger partial charge is 0.241 e. The Labute approximate surface area is 130 Å². The number of hydrogen-bond donors (Lipinski definition) is 0. The minimum Gasteiger partial charge on any atom is -0.274 e. The summed E-state index contributed by atoms with van der Waals surface area (Å²) in [7, 11) is -3.47. The van der Waals surface area contributed by atoms with Crippen molar-refractivity contribution in [1.29, 1.82) is 0 Å². The van der Waals surface area contributed by atoms with E-state index in [0.29, 0.717) is 18.9 Å². The SMILES string of the molecule is O=C(CCc1ccccc1)N1C[C@H]2[C@H]([C@H]3C=C[C@@H]2C3)S1(=O)=O. The molecule has 1 aromatic rings. The van der Waals surface area contributed by atoms with Gasteiger partial charge in [-0.05, 0) is 30.2 Å². The molecule has 1 aromatic carbocycles. The van der Waals surface area contributed by atoms with Crippen LogP contribution in [0.5, 0.6) is 0 Å². The van der Waals surface area contributed by atoms with Gasteiger partial charge in [0.1, 0.15) is 0 Å². The lowest BCUT2D eigenvalue weighted by Crippen LogP contribution is -2.36. The molecule has 2 bridgehead atoms. The van der Waals surface area contributed by atoms with Gasteiger partial charge in [0.2, 0.25) is 15.9 Å². The van der Waals surface area contributed by atoms with Crippen molar-refractivity contribution in [2.75, 3.05) is 6.54 Å². The van der Waals surface area contributed by atoms with Crippen LogP contribution in [0.1, 0.15) is 18.4 Å². The van der Waals surface area contributed by atoms with E-state index in [-0.39, 0.29) is 29.4 Å². The first-order chi connectivity index (χ1) is 10.6. The van der Waals surface area contributed by atoms with Gasteiger partial charge in [-0.15, -0.1) is 0 Å². The molecule has 4 rings (SSSR count). The number of sulfonamides is 1. The summed E-state index contributed by atoms with van der Waals surface area (Å²) in [5.41, 5.74) is 1.06. The molecule has 22 heavy (non-hydrogen) atoms. The summed E-state index contributed by atoms with van der Waals surface area (Å²) in [6, 6.07) is 9.72. The Hall–Kier alpha value is -1.62. The van der Waals surface area contributed by atoms with E-state index in [0.717, 1.165) is 16.3 Å². The van der Waals surface area contributed by atoms with Crippen LogP contribution < -0.4 is 0 Å². The topological polar surface area (TPSA) is 54.5 Å². The molecule has 116 valence electrons. The molecule has 0 aromatic heterocycles. The number of nitrogens with zero attached hydrogens (tertiary/aromatic N) is 1. The molecule has 1 saturated heterocycles. The van der Waals surface area contributed by atoms with Crippen molar-refractivity contribution < 1.29 is 13.2 Å². The standard InChI is InChI=1S/C17H19NO3S/c19-16(9-6-12-4-2-1-3-5-12)18-11-15-13-7-8-14(10-13)17(15)22(18,20)21/h1-5,7-8,13-15,17H,6,9-11H2/t13-,14+,15-,17+/m1/s1. The van der Waals surface area contributed by atoms with E-state index < -0.39 is 10.0 Å². The summed E-state index contributed by atoms with van der Waals surface area (Å²) < 4.78 is 26.5. The van der Waals surface area contributed by atoms with Gasteiger partial charge in [-0.25, -0.2) is 12.7 Å². The zero-order chi connectivity index (χ0) is 15.3. The molecule has 3 aliphatic rings. The number of hydrogen-bond acceptors (Lipinski definition) is 3. The molecule has 0 radical (unpaired) electrons. The second kappa shape index (κ2) is 4.95. The van der Waals surface area contributed by atoms with E-state index in [4.69, 9.17) is 0 Å². The maximum atomic E-state index is 12.7. The predicted molar refractivity (Wildman–Crippen MR) is 83.4 cm³/mol. The molecule has 1 heterocycles. The fourth-order valence-electron chi connectivity index (χ4n) is 4.27. The monoisotopic (exact) mass is 317 g/mol. The van der Waals surface area contributed by atoms with Crippen LogP contribution in [-0.4, -0.2) is 30.4 Å². The van der Waals surface area contributed by atoms with E-state index in [1.54, 1.807) is 0 Å². The first kappa shape index (κ1) is 14.0. The molecule has 2 fully saturated rings. The summed E-state index contributed by atoms with van der Waals surface area (Å²) in [6.45, 7) is 0.381. The lowest BCUT2D eigenvalue weighted by Gasteiger charge is -2.19.